The van der Waals surface area contributed by atoms with Crippen molar-refractivity contribution in [3.8, 4) is 56.4 Å². The SMILES string of the molecule is C[Si]1(C)c2cc(-c3nc(-c4ccccc4)nc(-c4ccc(-c5ccc6ccccc6c5)cc4)n3)ccc2-c2c1ccc1ccccc21. The first-order valence-electron chi connectivity index (χ1n) is 16.1. The van der Waals surface area contributed by atoms with Crippen molar-refractivity contribution in [1.82, 2.24) is 15.0 Å². The third kappa shape index (κ3) is 4.60. The lowest BCUT2D eigenvalue weighted by Crippen LogP contribution is -2.49. The highest BCUT2D eigenvalue weighted by atomic mass is 28.3. The van der Waals surface area contributed by atoms with E-state index in [0.717, 1.165) is 22.3 Å². The first-order chi connectivity index (χ1) is 23.0. The van der Waals surface area contributed by atoms with Gasteiger partial charge in [0.25, 0.3) is 0 Å². The van der Waals surface area contributed by atoms with Crippen molar-refractivity contribution >= 4 is 40.0 Å². The summed E-state index contributed by atoms with van der Waals surface area (Å²) in [4.78, 5) is 15.2. The van der Waals surface area contributed by atoms with Crippen LogP contribution in [0.2, 0.25) is 13.1 Å². The van der Waals surface area contributed by atoms with Gasteiger partial charge in [-0.3, -0.25) is 0 Å². The van der Waals surface area contributed by atoms with Crippen molar-refractivity contribution in [2.45, 2.75) is 13.1 Å². The largest absolute Gasteiger partial charge is 0.208 e. The molecule has 0 aliphatic carbocycles. The molecule has 7 aromatic carbocycles. The monoisotopic (exact) mass is 617 g/mol. The van der Waals surface area contributed by atoms with Crippen LogP contribution in [0.1, 0.15) is 0 Å². The van der Waals surface area contributed by atoms with E-state index in [-0.39, 0.29) is 0 Å². The van der Waals surface area contributed by atoms with Crippen molar-refractivity contribution in [1.29, 1.82) is 0 Å². The zero-order valence-corrected chi connectivity index (χ0v) is 27.3. The van der Waals surface area contributed by atoms with Gasteiger partial charge in [0, 0.05) is 16.7 Å². The second-order valence-electron chi connectivity index (χ2n) is 12.9. The van der Waals surface area contributed by atoms with E-state index >= 15 is 0 Å². The lowest BCUT2D eigenvalue weighted by atomic mass is 9.97. The highest BCUT2D eigenvalue weighted by Crippen LogP contribution is 2.36. The third-order valence-corrected chi connectivity index (χ3v) is 13.2. The molecule has 1 aliphatic rings. The van der Waals surface area contributed by atoms with Crippen LogP contribution < -0.4 is 10.4 Å². The Morgan fingerprint density at radius 1 is 0.383 bits per heavy atom. The Bertz CT molecular complexity index is 2480. The van der Waals surface area contributed by atoms with Gasteiger partial charge < -0.3 is 0 Å². The lowest BCUT2D eigenvalue weighted by Gasteiger charge is -2.19. The molecule has 1 aliphatic heterocycles. The van der Waals surface area contributed by atoms with Crippen LogP contribution in [0, 0.1) is 0 Å². The number of fused-ring (bicyclic) bond motifs is 6. The minimum atomic E-state index is -1.95. The first-order valence-corrected chi connectivity index (χ1v) is 19.1. The van der Waals surface area contributed by atoms with Gasteiger partial charge in [-0.25, -0.2) is 15.0 Å². The molecule has 0 saturated carbocycles. The maximum absolute atomic E-state index is 5.11. The van der Waals surface area contributed by atoms with E-state index in [2.05, 4.69) is 147 Å². The van der Waals surface area contributed by atoms with Crippen LogP contribution in [0.25, 0.3) is 78.0 Å². The van der Waals surface area contributed by atoms with Crippen molar-refractivity contribution in [3.63, 3.8) is 0 Å². The third-order valence-electron chi connectivity index (χ3n) is 9.72. The van der Waals surface area contributed by atoms with Gasteiger partial charge in [-0.15, -0.1) is 0 Å². The van der Waals surface area contributed by atoms with Gasteiger partial charge >= 0.3 is 0 Å². The fourth-order valence-corrected chi connectivity index (χ4v) is 10.3. The molecule has 0 fully saturated rings. The Balaban J connectivity index is 1.15. The van der Waals surface area contributed by atoms with Crippen LogP contribution in [-0.2, 0) is 0 Å². The van der Waals surface area contributed by atoms with Gasteiger partial charge in [-0.1, -0.05) is 159 Å². The second kappa shape index (κ2) is 10.7. The van der Waals surface area contributed by atoms with Crippen LogP contribution in [0.4, 0.5) is 0 Å². The number of rotatable bonds is 4. The summed E-state index contributed by atoms with van der Waals surface area (Å²) in [5.74, 6) is 2.04. The number of nitrogens with zero attached hydrogens (tertiary/aromatic N) is 3. The van der Waals surface area contributed by atoms with E-state index < -0.39 is 8.07 Å². The number of aromatic nitrogens is 3. The summed E-state index contributed by atoms with van der Waals surface area (Å²) in [6, 6.07) is 54.1. The van der Waals surface area contributed by atoms with Gasteiger partial charge in [-0.2, -0.15) is 0 Å². The summed E-state index contributed by atoms with van der Waals surface area (Å²) in [5.41, 5.74) is 8.05. The fourth-order valence-electron chi connectivity index (χ4n) is 7.18. The topological polar surface area (TPSA) is 38.7 Å². The molecular formula is C43H31N3Si. The molecule has 0 saturated heterocycles. The van der Waals surface area contributed by atoms with Gasteiger partial charge in [0.05, 0.1) is 0 Å². The Hall–Kier alpha value is -5.71. The molecule has 0 radical (unpaired) electrons. The van der Waals surface area contributed by atoms with Crippen LogP contribution in [-0.4, -0.2) is 23.0 Å². The van der Waals surface area contributed by atoms with Crippen LogP contribution in [0.3, 0.4) is 0 Å². The molecule has 4 heteroatoms. The van der Waals surface area contributed by atoms with E-state index in [4.69, 9.17) is 15.0 Å². The van der Waals surface area contributed by atoms with E-state index in [1.807, 2.05) is 18.2 Å². The van der Waals surface area contributed by atoms with Crippen molar-refractivity contribution < 1.29 is 0 Å². The van der Waals surface area contributed by atoms with E-state index in [0.29, 0.717) is 17.5 Å². The molecule has 0 bridgehead atoms. The molecule has 0 atom stereocenters. The lowest BCUT2D eigenvalue weighted by molar-refractivity contribution is 1.07. The smallest absolute Gasteiger partial charge is 0.164 e. The summed E-state index contributed by atoms with van der Waals surface area (Å²) in [6.45, 7) is 4.92. The molecule has 0 amide bonds. The molecule has 2 heterocycles. The summed E-state index contributed by atoms with van der Waals surface area (Å²) < 4.78 is 0. The zero-order chi connectivity index (χ0) is 31.5. The maximum Gasteiger partial charge on any atom is 0.164 e. The van der Waals surface area contributed by atoms with Crippen LogP contribution in [0.5, 0.6) is 0 Å². The van der Waals surface area contributed by atoms with Crippen molar-refractivity contribution in [2.75, 3.05) is 0 Å². The summed E-state index contributed by atoms with van der Waals surface area (Å²) in [7, 11) is -1.95. The second-order valence-corrected chi connectivity index (χ2v) is 17.2. The fraction of sp³-hybridized carbons (Fsp3) is 0.0465. The van der Waals surface area contributed by atoms with E-state index in [1.165, 1.54) is 48.6 Å². The van der Waals surface area contributed by atoms with Crippen LogP contribution >= 0.6 is 0 Å². The number of hydrogen-bond acceptors (Lipinski definition) is 3. The molecule has 1 aromatic heterocycles. The highest BCUT2D eigenvalue weighted by Gasteiger charge is 2.38. The minimum absolute atomic E-state index is 0.671. The normalized spacial score (nSPS) is 13.1. The van der Waals surface area contributed by atoms with E-state index in [9.17, 15) is 0 Å². The molecule has 8 aromatic rings. The predicted molar refractivity (Wildman–Crippen MR) is 199 cm³/mol. The molecule has 47 heavy (non-hydrogen) atoms. The Kier molecular flexibility index (Phi) is 6.27. The molecule has 0 unspecified atom stereocenters. The quantitative estimate of drug-likeness (QED) is 0.185. The number of hydrogen-bond donors (Lipinski definition) is 0. The summed E-state index contributed by atoms with van der Waals surface area (Å²) in [5, 5.41) is 8.03. The zero-order valence-electron chi connectivity index (χ0n) is 26.3. The Morgan fingerprint density at radius 3 is 1.70 bits per heavy atom. The van der Waals surface area contributed by atoms with Gasteiger partial charge in [0.2, 0.25) is 0 Å². The summed E-state index contributed by atoms with van der Waals surface area (Å²) in [6.07, 6.45) is 0. The van der Waals surface area contributed by atoms with Crippen LogP contribution in [0.15, 0.2) is 152 Å². The average molecular weight is 618 g/mol. The number of benzene rings is 7. The molecule has 0 spiro atoms. The molecule has 0 N–H and O–H groups in total. The van der Waals surface area contributed by atoms with Crippen molar-refractivity contribution in [3.05, 3.63) is 152 Å². The molecule has 222 valence electrons. The van der Waals surface area contributed by atoms with Gasteiger partial charge in [0.15, 0.2) is 17.5 Å². The first kappa shape index (κ1) is 27.6. The molecule has 3 nitrogen and oxygen atoms in total. The standard InChI is InChI=1S/C43H31N3Si/c1-47(2)38-25-23-30-11-8-9-15-36(30)40(38)37-24-22-35(27-39(37)47)43-45-41(31-12-4-3-5-13-31)44-42(46-43)32-19-16-29(17-20-32)34-21-18-28-10-6-7-14-33(28)26-34/h3-27H,1-2H3. The minimum Gasteiger partial charge on any atom is -0.208 e. The summed E-state index contributed by atoms with van der Waals surface area (Å²) >= 11 is 0. The Labute approximate surface area is 275 Å². The predicted octanol–water partition coefficient (Wildman–Crippen LogP) is 9.65. The van der Waals surface area contributed by atoms with Crippen molar-refractivity contribution in [2.24, 2.45) is 0 Å². The molecule has 9 rings (SSSR count). The van der Waals surface area contributed by atoms with E-state index in [1.54, 1.807) is 0 Å². The molecular weight excluding hydrogens is 587 g/mol. The van der Waals surface area contributed by atoms with Gasteiger partial charge in [0.1, 0.15) is 8.07 Å². The van der Waals surface area contributed by atoms with Gasteiger partial charge in [-0.05, 0) is 60.2 Å². The maximum atomic E-state index is 5.11. The Morgan fingerprint density at radius 2 is 0.936 bits per heavy atom. The average Bonchev–Trinajstić information content (AvgIpc) is 3.37. The highest BCUT2D eigenvalue weighted by molar-refractivity contribution is 7.04.